The molecule has 0 spiro atoms. The van der Waals surface area contributed by atoms with Crippen LogP contribution >= 0.6 is 0 Å². The molecular weight excluding hydrogens is 236 g/mol. The summed E-state index contributed by atoms with van der Waals surface area (Å²) in [5.41, 5.74) is 2.53. The van der Waals surface area contributed by atoms with Gasteiger partial charge in [-0.3, -0.25) is 4.68 Å². The van der Waals surface area contributed by atoms with Crippen LogP contribution in [0.2, 0.25) is 0 Å². The van der Waals surface area contributed by atoms with Gasteiger partial charge >= 0.3 is 0 Å². The van der Waals surface area contributed by atoms with Gasteiger partial charge in [0.2, 0.25) is 0 Å². The minimum atomic E-state index is 0.620. The average Bonchev–Trinajstić information content (AvgIpc) is 2.79. The maximum Gasteiger partial charge on any atom is 0.131 e. The molecule has 19 heavy (non-hydrogen) atoms. The predicted octanol–water partition coefficient (Wildman–Crippen LogP) is 2.46. The summed E-state index contributed by atoms with van der Waals surface area (Å²) in [5.74, 6) is 2.10. The van der Waals surface area contributed by atoms with Crippen molar-refractivity contribution < 1.29 is 0 Å². The zero-order valence-corrected chi connectivity index (χ0v) is 13.0. The highest BCUT2D eigenvalue weighted by Crippen LogP contribution is 2.32. The summed E-state index contributed by atoms with van der Waals surface area (Å²) in [4.78, 5) is 2.54. The Kier molecular flexibility index (Phi) is 4.50. The molecule has 1 aromatic rings. The van der Waals surface area contributed by atoms with Gasteiger partial charge in [0.15, 0.2) is 0 Å². The van der Waals surface area contributed by atoms with Gasteiger partial charge < -0.3 is 10.2 Å². The van der Waals surface area contributed by atoms with Crippen molar-refractivity contribution in [1.82, 2.24) is 15.1 Å². The average molecular weight is 264 g/mol. The molecule has 4 nitrogen and oxygen atoms in total. The van der Waals surface area contributed by atoms with Gasteiger partial charge in [0, 0.05) is 31.7 Å². The Morgan fingerprint density at radius 3 is 2.68 bits per heavy atom. The molecule has 1 aliphatic rings. The first-order chi connectivity index (χ1) is 9.04. The van der Waals surface area contributed by atoms with Crippen LogP contribution in [0.1, 0.15) is 44.9 Å². The highest BCUT2D eigenvalue weighted by Gasteiger charge is 2.30. The zero-order chi connectivity index (χ0) is 14.0. The molecule has 2 unspecified atom stereocenters. The maximum atomic E-state index is 4.63. The van der Waals surface area contributed by atoms with Gasteiger partial charge in [-0.05, 0) is 39.2 Å². The van der Waals surface area contributed by atoms with Crippen molar-refractivity contribution in [3.8, 4) is 0 Å². The van der Waals surface area contributed by atoms with Crippen molar-refractivity contribution >= 4 is 5.82 Å². The molecule has 0 radical (unpaired) electrons. The number of hydrogen-bond donors (Lipinski definition) is 1. The minimum Gasteiger partial charge on any atom is -0.354 e. The van der Waals surface area contributed by atoms with Crippen LogP contribution < -0.4 is 10.2 Å². The van der Waals surface area contributed by atoms with Crippen molar-refractivity contribution in [3.63, 3.8) is 0 Å². The van der Waals surface area contributed by atoms with Gasteiger partial charge in [0.25, 0.3) is 0 Å². The Morgan fingerprint density at radius 1 is 1.37 bits per heavy atom. The van der Waals surface area contributed by atoms with Gasteiger partial charge in [0.05, 0.1) is 5.69 Å². The molecule has 1 N–H and O–H groups in total. The Balaban J connectivity index is 2.23. The van der Waals surface area contributed by atoms with E-state index in [4.69, 9.17) is 0 Å². The van der Waals surface area contributed by atoms with Crippen molar-refractivity contribution in [3.05, 3.63) is 11.3 Å². The molecule has 2 atom stereocenters. The van der Waals surface area contributed by atoms with E-state index in [-0.39, 0.29) is 0 Å². The van der Waals surface area contributed by atoms with Gasteiger partial charge in [-0.2, -0.15) is 5.10 Å². The monoisotopic (exact) mass is 264 g/mol. The number of nitrogens with zero attached hydrogens (tertiary/aromatic N) is 3. The molecule has 108 valence electrons. The number of aromatic nitrogens is 2. The molecule has 0 amide bonds. The largest absolute Gasteiger partial charge is 0.354 e. The molecular formula is C15H28N4. The Morgan fingerprint density at radius 2 is 2.11 bits per heavy atom. The number of nitrogens with one attached hydrogen (secondary N) is 1. The number of aryl methyl sites for hydroxylation is 2. The summed E-state index contributed by atoms with van der Waals surface area (Å²) in [6.07, 6.45) is 2.46. The van der Waals surface area contributed by atoms with Gasteiger partial charge in [-0.15, -0.1) is 0 Å². The van der Waals surface area contributed by atoms with Crippen LogP contribution in [0.15, 0.2) is 0 Å². The van der Waals surface area contributed by atoms with Gasteiger partial charge in [-0.25, -0.2) is 0 Å². The van der Waals surface area contributed by atoms with Crippen molar-refractivity contribution in [2.45, 2.75) is 53.1 Å². The molecule has 1 saturated heterocycles. The molecule has 0 bridgehead atoms. The third-order valence-electron chi connectivity index (χ3n) is 4.10. The molecule has 0 aliphatic carbocycles. The number of anilines is 1. The van der Waals surface area contributed by atoms with Crippen molar-refractivity contribution in [2.75, 3.05) is 18.0 Å². The molecule has 0 saturated carbocycles. The zero-order valence-electron chi connectivity index (χ0n) is 13.0. The fourth-order valence-electron chi connectivity index (χ4n) is 3.24. The second-order valence-corrected chi connectivity index (χ2v) is 6.03. The smallest absolute Gasteiger partial charge is 0.131 e. The molecule has 0 aromatic carbocycles. The standard InChI is InChI=1S/C15H28N4/c1-6-7-16-9-14-13(4)17-18(5)15(14)19-10-11(2)8-12(19)3/h11-12,16H,6-10H2,1-5H3. The third kappa shape index (κ3) is 2.94. The van der Waals surface area contributed by atoms with E-state index in [1.165, 1.54) is 24.2 Å². The fraction of sp³-hybridized carbons (Fsp3) is 0.800. The van der Waals surface area contributed by atoms with E-state index in [1.54, 1.807) is 0 Å². The summed E-state index contributed by atoms with van der Waals surface area (Å²) in [7, 11) is 2.07. The van der Waals surface area contributed by atoms with Crippen LogP contribution in [0.25, 0.3) is 0 Å². The first-order valence-corrected chi connectivity index (χ1v) is 7.54. The summed E-state index contributed by atoms with van der Waals surface area (Å²) < 4.78 is 2.06. The van der Waals surface area contributed by atoms with E-state index in [1.807, 2.05) is 0 Å². The maximum absolute atomic E-state index is 4.63. The van der Waals surface area contributed by atoms with Gasteiger partial charge in [-0.1, -0.05) is 13.8 Å². The Labute approximate surface area is 117 Å². The van der Waals surface area contributed by atoms with E-state index in [0.717, 1.165) is 31.2 Å². The van der Waals surface area contributed by atoms with E-state index in [0.29, 0.717) is 6.04 Å². The van der Waals surface area contributed by atoms with E-state index in [9.17, 15) is 0 Å². The normalized spacial score (nSPS) is 23.3. The summed E-state index contributed by atoms with van der Waals surface area (Å²) >= 11 is 0. The molecule has 4 heteroatoms. The highest BCUT2D eigenvalue weighted by atomic mass is 15.4. The molecule has 1 aliphatic heterocycles. The van der Waals surface area contributed by atoms with Crippen LogP contribution in [-0.2, 0) is 13.6 Å². The Hall–Kier alpha value is -1.03. The topological polar surface area (TPSA) is 33.1 Å². The highest BCUT2D eigenvalue weighted by molar-refractivity contribution is 5.52. The lowest BCUT2D eigenvalue weighted by Crippen LogP contribution is -2.30. The first kappa shape index (κ1) is 14.4. The molecule has 1 fully saturated rings. The Bertz CT molecular complexity index is 424. The van der Waals surface area contributed by atoms with E-state index in [2.05, 4.69) is 54.7 Å². The van der Waals surface area contributed by atoms with Crippen LogP contribution in [0.5, 0.6) is 0 Å². The molecule has 2 rings (SSSR count). The third-order valence-corrected chi connectivity index (χ3v) is 4.10. The van der Waals surface area contributed by atoms with E-state index >= 15 is 0 Å². The van der Waals surface area contributed by atoms with Crippen molar-refractivity contribution in [2.24, 2.45) is 13.0 Å². The quantitative estimate of drug-likeness (QED) is 0.829. The van der Waals surface area contributed by atoms with Crippen LogP contribution in [-0.4, -0.2) is 28.9 Å². The fourth-order valence-corrected chi connectivity index (χ4v) is 3.24. The predicted molar refractivity (Wildman–Crippen MR) is 80.5 cm³/mol. The summed E-state index contributed by atoms with van der Waals surface area (Å²) in [5, 5.41) is 8.14. The molecule has 1 aromatic heterocycles. The van der Waals surface area contributed by atoms with Crippen molar-refractivity contribution in [1.29, 1.82) is 0 Å². The number of hydrogen-bond acceptors (Lipinski definition) is 3. The van der Waals surface area contributed by atoms with Gasteiger partial charge in [0.1, 0.15) is 5.82 Å². The van der Waals surface area contributed by atoms with Crippen LogP contribution in [0, 0.1) is 12.8 Å². The SMILES string of the molecule is CCCNCc1c(C)nn(C)c1N1CC(C)CC1C. The minimum absolute atomic E-state index is 0.620. The van der Waals surface area contributed by atoms with Crippen LogP contribution in [0.4, 0.5) is 5.82 Å². The van der Waals surface area contributed by atoms with E-state index < -0.39 is 0 Å². The number of rotatable bonds is 5. The molecule has 2 heterocycles. The second-order valence-electron chi connectivity index (χ2n) is 6.03. The summed E-state index contributed by atoms with van der Waals surface area (Å²) in [6, 6.07) is 0.620. The lowest BCUT2D eigenvalue weighted by molar-refractivity contribution is 0.624. The lowest BCUT2D eigenvalue weighted by Gasteiger charge is -2.25. The summed E-state index contributed by atoms with van der Waals surface area (Å²) in [6.45, 7) is 12.1. The van der Waals surface area contributed by atoms with Crippen LogP contribution in [0.3, 0.4) is 0 Å². The second kappa shape index (κ2) is 5.95. The first-order valence-electron chi connectivity index (χ1n) is 7.54. The lowest BCUT2D eigenvalue weighted by atomic mass is 10.1.